The van der Waals surface area contributed by atoms with E-state index in [1.807, 2.05) is 6.92 Å². The molecule has 0 bridgehead atoms. The summed E-state index contributed by atoms with van der Waals surface area (Å²) < 4.78 is 69.3. The lowest BCUT2D eigenvalue weighted by Gasteiger charge is -2.36. The van der Waals surface area contributed by atoms with Crippen LogP contribution in [0.3, 0.4) is 0 Å². The van der Waals surface area contributed by atoms with Gasteiger partial charge in [-0.05, 0) is 52.6 Å². The van der Waals surface area contributed by atoms with Gasteiger partial charge in [-0.1, -0.05) is 54.1 Å². The van der Waals surface area contributed by atoms with Crippen molar-refractivity contribution >= 4 is 20.4 Å². The zero-order chi connectivity index (χ0) is 20.2. The van der Waals surface area contributed by atoms with E-state index in [0.717, 1.165) is 5.56 Å². The smallest absolute Gasteiger partial charge is 0.200 e. The lowest BCUT2D eigenvalue weighted by atomic mass is 10.1. The van der Waals surface area contributed by atoms with Crippen molar-refractivity contribution in [2.75, 3.05) is 0 Å². The van der Waals surface area contributed by atoms with Crippen LogP contribution >= 0.6 is 10.3 Å². The second-order valence-corrected chi connectivity index (χ2v) is 10.7. The van der Waals surface area contributed by atoms with Crippen LogP contribution in [-0.4, -0.2) is 13.9 Å². The summed E-state index contributed by atoms with van der Waals surface area (Å²) in [4.78, 5) is 1.27. The van der Waals surface area contributed by atoms with Crippen molar-refractivity contribution in [3.63, 3.8) is 0 Å². The fraction of sp³-hybridized carbons (Fsp3) is 0.100. The number of alkyl halides is 3. The van der Waals surface area contributed by atoms with Gasteiger partial charge >= 0.3 is 15.6 Å². The first-order valence-electron chi connectivity index (χ1n) is 8.28. The highest BCUT2D eigenvalue weighted by molar-refractivity contribution is 8.33. The summed E-state index contributed by atoms with van der Waals surface area (Å²) in [6.07, 6.45) is 0. The third-order valence-electron chi connectivity index (χ3n) is 4.51. The zero-order valence-electron chi connectivity index (χ0n) is 14.6. The Morgan fingerprint density at radius 1 is 0.786 bits per heavy atom. The summed E-state index contributed by atoms with van der Waals surface area (Å²) in [5.74, 6) is 0. The van der Waals surface area contributed by atoms with Crippen LogP contribution in [0.1, 0.15) is 5.56 Å². The molecule has 0 spiro atoms. The molecular formula is C20H15F3O3S2. The van der Waals surface area contributed by atoms with Crippen LogP contribution < -0.4 is 0 Å². The molecule has 8 heteroatoms. The number of benzene rings is 3. The molecule has 1 aliphatic rings. The molecule has 0 unspecified atom stereocenters. The summed E-state index contributed by atoms with van der Waals surface area (Å²) in [6, 6.07) is 20.4. The molecule has 0 atom stereocenters. The molecule has 3 aromatic rings. The van der Waals surface area contributed by atoms with E-state index in [1.165, 1.54) is 0 Å². The van der Waals surface area contributed by atoms with E-state index in [-0.39, 0.29) is 0 Å². The molecule has 0 radical (unpaired) electrons. The van der Waals surface area contributed by atoms with Crippen LogP contribution in [-0.2, 0) is 13.7 Å². The van der Waals surface area contributed by atoms with Crippen molar-refractivity contribution in [3.8, 4) is 11.1 Å². The number of halogens is 3. The zero-order valence-corrected chi connectivity index (χ0v) is 16.2. The number of fused-ring (bicyclic) bond motifs is 3. The van der Waals surface area contributed by atoms with E-state index in [0.29, 0.717) is 25.8 Å². The minimum absolute atomic E-state index is 0.392. The van der Waals surface area contributed by atoms with Gasteiger partial charge in [0.1, 0.15) is 0 Å². The molecule has 0 aromatic heterocycles. The van der Waals surface area contributed by atoms with Crippen molar-refractivity contribution in [2.24, 2.45) is 0 Å². The van der Waals surface area contributed by atoms with Gasteiger partial charge < -0.3 is 0 Å². The summed E-state index contributed by atoms with van der Waals surface area (Å²) in [7, 11) is -8.97. The van der Waals surface area contributed by atoms with Crippen LogP contribution in [0, 0.1) is 6.92 Å². The molecule has 3 aromatic carbocycles. The molecule has 146 valence electrons. The lowest BCUT2D eigenvalue weighted by molar-refractivity contribution is -0.0496. The maximum Gasteiger partial charge on any atom is 0.524 e. The Balaban J connectivity index is 2.09. The Labute approximate surface area is 162 Å². The first-order chi connectivity index (χ1) is 13.2. The van der Waals surface area contributed by atoms with Gasteiger partial charge in [0.05, 0.1) is 0 Å². The maximum atomic E-state index is 13.3. The predicted molar refractivity (Wildman–Crippen MR) is 102 cm³/mol. The van der Waals surface area contributed by atoms with Crippen LogP contribution in [0.25, 0.3) is 11.1 Å². The highest BCUT2D eigenvalue weighted by atomic mass is 32.3. The second-order valence-electron chi connectivity index (χ2n) is 6.33. The van der Waals surface area contributed by atoms with Crippen molar-refractivity contribution in [1.29, 1.82) is 0 Å². The Bertz CT molecular complexity index is 1110. The van der Waals surface area contributed by atoms with E-state index in [1.54, 1.807) is 72.8 Å². The van der Waals surface area contributed by atoms with Crippen LogP contribution in [0.4, 0.5) is 13.2 Å². The Morgan fingerprint density at radius 3 is 1.71 bits per heavy atom. The fourth-order valence-corrected chi connectivity index (χ4v) is 8.33. The molecule has 1 aliphatic heterocycles. The van der Waals surface area contributed by atoms with Gasteiger partial charge in [-0.2, -0.15) is 25.2 Å². The van der Waals surface area contributed by atoms with Gasteiger partial charge in [0.2, 0.25) is 0 Å². The summed E-state index contributed by atoms with van der Waals surface area (Å²) in [5.41, 5.74) is -3.28. The van der Waals surface area contributed by atoms with Gasteiger partial charge in [0.15, 0.2) is 0 Å². The Hall–Kier alpha value is -2.29. The van der Waals surface area contributed by atoms with Gasteiger partial charge in [-0.15, -0.1) is 0 Å². The maximum absolute atomic E-state index is 13.3. The molecular weight excluding hydrogens is 409 g/mol. The van der Waals surface area contributed by atoms with Crippen LogP contribution in [0.5, 0.6) is 0 Å². The van der Waals surface area contributed by atoms with Crippen molar-refractivity contribution in [3.05, 3.63) is 78.4 Å². The molecule has 0 aliphatic carbocycles. The van der Waals surface area contributed by atoms with Gasteiger partial charge in [-0.25, -0.2) is 0 Å². The monoisotopic (exact) mass is 424 g/mol. The number of rotatable bonds is 3. The van der Waals surface area contributed by atoms with E-state index < -0.39 is 25.9 Å². The van der Waals surface area contributed by atoms with E-state index in [9.17, 15) is 21.6 Å². The van der Waals surface area contributed by atoms with Crippen molar-refractivity contribution < 1.29 is 25.2 Å². The molecule has 3 nitrogen and oxygen atoms in total. The third kappa shape index (κ3) is 2.75. The third-order valence-corrected chi connectivity index (χ3v) is 9.50. The fourth-order valence-electron chi connectivity index (χ4n) is 3.27. The molecule has 0 saturated carbocycles. The number of hydrogen-bond acceptors (Lipinski definition) is 3. The Morgan fingerprint density at radius 2 is 1.25 bits per heavy atom. The molecule has 0 saturated heterocycles. The molecule has 0 N–H and O–H groups in total. The minimum atomic E-state index is -5.85. The Kier molecular flexibility index (Phi) is 4.33. The topological polar surface area (TPSA) is 43.4 Å². The van der Waals surface area contributed by atoms with E-state index in [2.05, 4.69) is 0 Å². The van der Waals surface area contributed by atoms with Crippen molar-refractivity contribution in [1.82, 2.24) is 0 Å². The SMILES string of the molecule is Cc1ccc(S2(OS(=O)(=O)C(F)(F)F)c3ccccc3-c3ccccc32)cc1. The summed E-state index contributed by atoms with van der Waals surface area (Å²) >= 11 is 0. The van der Waals surface area contributed by atoms with Crippen molar-refractivity contribution in [2.45, 2.75) is 27.1 Å². The first kappa shape index (κ1) is 19.0. The highest BCUT2D eigenvalue weighted by Gasteiger charge is 2.54. The number of aryl methyl sites for hydroxylation is 1. The predicted octanol–water partition coefficient (Wildman–Crippen LogP) is 6.04. The largest absolute Gasteiger partial charge is 0.524 e. The van der Waals surface area contributed by atoms with E-state index in [4.69, 9.17) is 3.63 Å². The average Bonchev–Trinajstić information content (AvgIpc) is 2.93. The highest BCUT2D eigenvalue weighted by Crippen LogP contribution is 2.77. The summed E-state index contributed by atoms with van der Waals surface area (Å²) in [6.45, 7) is 1.84. The first-order valence-corrected chi connectivity index (χ1v) is 11.2. The molecule has 0 amide bonds. The second kappa shape index (κ2) is 6.37. The van der Waals surface area contributed by atoms with Gasteiger partial charge in [0, 0.05) is 14.7 Å². The van der Waals surface area contributed by atoms with E-state index >= 15 is 0 Å². The molecule has 0 fully saturated rings. The molecule has 28 heavy (non-hydrogen) atoms. The molecule has 1 heterocycles. The normalized spacial score (nSPS) is 16.3. The lowest BCUT2D eigenvalue weighted by Crippen LogP contribution is -2.27. The molecule has 4 rings (SSSR count). The van der Waals surface area contributed by atoms with Gasteiger partial charge in [-0.3, -0.25) is 0 Å². The number of hydrogen-bond donors (Lipinski definition) is 0. The minimum Gasteiger partial charge on any atom is -0.200 e. The summed E-state index contributed by atoms with van der Waals surface area (Å²) in [5, 5.41) is 0. The quantitative estimate of drug-likeness (QED) is 0.482. The van der Waals surface area contributed by atoms with Crippen LogP contribution in [0.2, 0.25) is 0 Å². The standard InChI is InChI=1S/C20H15F3O3S2/c1-14-10-12-15(13-11-14)27(26-28(24,25)20(21,22)23)18-8-4-2-6-16(18)17-7-3-5-9-19(17)27/h2-13H,1H3. The van der Waals surface area contributed by atoms with Crippen LogP contribution in [0.15, 0.2) is 87.5 Å². The van der Waals surface area contributed by atoms with Gasteiger partial charge in [0.25, 0.3) is 0 Å². The average molecular weight is 424 g/mol.